The van der Waals surface area contributed by atoms with Crippen LogP contribution in [0.1, 0.15) is 11.6 Å². The van der Waals surface area contributed by atoms with Gasteiger partial charge in [-0.25, -0.2) is 4.39 Å². The van der Waals surface area contributed by atoms with Crippen LogP contribution in [-0.4, -0.2) is 0 Å². The molecule has 2 N–H and O–H groups in total. The highest BCUT2D eigenvalue weighted by Crippen LogP contribution is 2.17. The van der Waals surface area contributed by atoms with Gasteiger partial charge in [0.2, 0.25) is 0 Å². The number of halogens is 2. The topological polar surface area (TPSA) is 26.0 Å². The molecule has 0 amide bonds. The third-order valence-electron chi connectivity index (χ3n) is 1.58. The second kappa shape index (κ2) is 4.00. The maximum atomic E-state index is 13.2. The zero-order chi connectivity index (χ0) is 9.14. The molecule has 64 valence electrons. The van der Waals surface area contributed by atoms with Crippen LogP contribution in [-0.2, 0) is 0 Å². The fourth-order valence-corrected chi connectivity index (χ4v) is 1.35. The van der Waals surface area contributed by atoms with Crippen LogP contribution in [0.2, 0.25) is 0 Å². The van der Waals surface area contributed by atoms with Gasteiger partial charge in [0.15, 0.2) is 0 Å². The molecule has 12 heavy (non-hydrogen) atoms. The standard InChI is InChI=1S/C9H9FIN/c1-2-9(12)7-4-3-6(11)5-8(7)10/h2-5,9H,1,12H2/t9-/m0/s1. The maximum absolute atomic E-state index is 13.2. The molecule has 3 heteroatoms. The average Bonchev–Trinajstić information content (AvgIpc) is 2.03. The van der Waals surface area contributed by atoms with Gasteiger partial charge in [0.05, 0.1) is 6.04 Å². The van der Waals surface area contributed by atoms with Crippen LogP contribution in [0.5, 0.6) is 0 Å². The molecule has 1 aromatic rings. The Hall–Kier alpha value is -0.420. The lowest BCUT2D eigenvalue weighted by Crippen LogP contribution is -2.08. The van der Waals surface area contributed by atoms with Gasteiger partial charge in [0.1, 0.15) is 5.82 Å². The number of rotatable bonds is 2. The van der Waals surface area contributed by atoms with Crippen molar-refractivity contribution < 1.29 is 4.39 Å². The predicted molar refractivity (Wildman–Crippen MR) is 56.2 cm³/mol. The summed E-state index contributed by atoms with van der Waals surface area (Å²) in [6.07, 6.45) is 1.52. The first kappa shape index (κ1) is 9.67. The fourth-order valence-electron chi connectivity index (χ4n) is 0.899. The number of hydrogen-bond acceptors (Lipinski definition) is 1. The lowest BCUT2D eigenvalue weighted by Gasteiger charge is -2.07. The number of benzene rings is 1. The van der Waals surface area contributed by atoms with Gasteiger partial charge in [0.25, 0.3) is 0 Å². The van der Waals surface area contributed by atoms with Crippen LogP contribution in [0.4, 0.5) is 4.39 Å². The molecule has 1 nitrogen and oxygen atoms in total. The highest BCUT2D eigenvalue weighted by molar-refractivity contribution is 14.1. The summed E-state index contributed by atoms with van der Waals surface area (Å²) in [5, 5.41) is 0. The Bertz CT molecular complexity index is 299. The quantitative estimate of drug-likeness (QED) is 0.652. The Kier molecular flexibility index (Phi) is 3.22. The van der Waals surface area contributed by atoms with E-state index in [9.17, 15) is 4.39 Å². The molecule has 0 heterocycles. The molecule has 0 saturated carbocycles. The van der Waals surface area contributed by atoms with Gasteiger partial charge in [-0.15, -0.1) is 6.58 Å². The molecule has 0 aliphatic heterocycles. The Morgan fingerprint density at radius 2 is 2.25 bits per heavy atom. The van der Waals surface area contributed by atoms with E-state index in [0.717, 1.165) is 3.57 Å². The van der Waals surface area contributed by atoms with Gasteiger partial charge in [-0.3, -0.25) is 0 Å². The van der Waals surface area contributed by atoms with E-state index < -0.39 is 6.04 Å². The molecule has 0 bridgehead atoms. The van der Waals surface area contributed by atoms with E-state index in [2.05, 4.69) is 29.2 Å². The number of nitrogens with two attached hydrogens (primary N) is 1. The lowest BCUT2D eigenvalue weighted by molar-refractivity contribution is 0.601. The first-order valence-corrected chi connectivity index (χ1v) is 4.56. The van der Waals surface area contributed by atoms with E-state index in [-0.39, 0.29) is 5.82 Å². The molecule has 0 radical (unpaired) electrons. The summed E-state index contributed by atoms with van der Waals surface area (Å²) in [6, 6.07) is 4.55. The van der Waals surface area contributed by atoms with E-state index >= 15 is 0 Å². The summed E-state index contributed by atoms with van der Waals surface area (Å²) in [7, 11) is 0. The molecule has 0 aromatic heterocycles. The van der Waals surface area contributed by atoms with Gasteiger partial charge in [-0.1, -0.05) is 12.1 Å². The van der Waals surface area contributed by atoms with Gasteiger partial charge in [0, 0.05) is 9.13 Å². The van der Waals surface area contributed by atoms with Gasteiger partial charge >= 0.3 is 0 Å². The van der Waals surface area contributed by atoms with Crippen LogP contribution >= 0.6 is 22.6 Å². The number of hydrogen-bond donors (Lipinski definition) is 1. The van der Waals surface area contributed by atoms with Crippen molar-refractivity contribution >= 4 is 22.6 Å². The summed E-state index contributed by atoms with van der Waals surface area (Å²) < 4.78 is 14.0. The van der Waals surface area contributed by atoms with Crippen molar-refractivity contribution in [1.29, 1.82) is 0 Å². The average molecular weight is 277 g/mol. The van der Waals surface area contributed by atoms with Crippen molar-refractivity contribution in [2.24, 2.45) is 5.73 Å². The molecule has 0 aliphatic carbocycles. The molecule has 1 aromatic carbocycles. The summed E-state index contributed by atoms with van der Waals surface area (Å²) in [6.45, 7) is 3.51. The third kappa shape index (κ3) is 2.04. The van der Waals surface area contributed by atoms with E-state index in [1.807, 2.05) is 6.07 Å². The Morgan fingerprint density at radius 1 is 1.58 bits per heavy atom. The molecule has 1 atom stereocenters. The molecule has 1 rings (SSSR count). The minimum atomic E-state index is -0.415. The molecule has 0 aliphatic rings. The van der Waals surface area contributed by atoms with E-state index in [1.54, 1.807) is 6.07 Å². The predicted octanol–water partition coefficient (Wildman–Crippen LogP) is 2.62. The van der Waals surface area contributed by atoms with Crippen molar-refractivity contribution in [3.63, 3.8) is 0 Å². The van der Waals surface area contributed by atoms with Gasteiger partial charge < -0.3 is 5.73 Å². The zero-order valence-corrected chi connectivity index (χ0v) is 8.58. The molecular weight excluding hydrogens is 268 g/mol. The largest absolute Gasteiger partial charge is 0.321 e. The van der Waals surface area contributed by atoms with Crippen molar-refractivity contribution in [3.8, 4) is 0 Å². The Morgan fingerprint density at radius 3 is 2.75 bits per heavy atom. The molecule has 0 saturated heterocycles. The molecule has 0 spiro atoms. The molecule has 0 fully saturated rings. The van der Waals surface area contributed by atoms with E-state index in [4.69, 9.17) is 5.73 Å². The van der Waals surface area contributed by atoms with Crippen molar-refractivity contribution in [1.82, 2.24) is 0 Å². The summed E-state index contributed by atoms with van der Waals surface area (Å²) in [5.41, 5.74) is 6.08. The van der Waals surface area contributed by atoms with Crippen LogP contribution in [0.25, 0.3) is 0 Å². The van der Waals surface area contributed by atoms with Gasteiger partial charge in [-0.2, -0.15) is 0 Å². The monoisotopic (exact) mass is 277 g/mol. The zero-order valence-electron chi connectivity index (χ0n) is 6.43. The Labute approximate surface area is 84.6 Å². The van der Waals surface area contributed by atoms with Crippen molar-refractivity contribution in [2.75, 3.05) is 0 Å². The summed E-state index contributed by atoms with van der Waals surface area (Å²) in [5.74, 6) is -0.269. The van der Waals surface area contributed by atoms with Crippen LogP contribution in [0, 0.1) is 9.39 Å². The maximum Gasteiger partial charge on any atom is 0.129 e. The van der Waals surface area contributed by atoms with Crippen LogP contribution in [0.15, 0.2) is 30.9 Å². The smallest absolute Gasteiger partial charge is 0.129 e. The molecule has 0 unspecified atom stereocenters. The first-order valence-electron chi connectivity index (χ1n) is 3.48. The van der Waals surface area contributed by atoms with Crippen LogP contribution in [0.3, 0.4) is 0 Å². The summed E-state index contributed by atoms with van der Waals surface area (Å²) in [4.78, 5) is 0. The molecular formula is C9H9FIN. The minimum Gasteiger partial charge on any atom is -0.321 e. The minimum absolute atomic E-state index is 0.269. The summed E-state index contributed by atoms with van der Waals surface area (Å²) >= 11 is 2.05. The van der Waals surface area contributed by atoms with E-state index in [1.165, 1.54) is 12.1 Å². The lowest BCUT2D eigenvalue weighted by atomic mass is 10.1. The normalized spacial score (nSPS) is 12.6. The first-order chi connectivity index (χ1) is 5.65. The third-order valence-corrected chi connectivity index (χ3v) is 2.25. The highest BCUT2D eigenvalue weighted by atomic mass is 127. The van der Waals surface area contributed by atoms with Crippen molar-refractivity contribution in [2.45, 2.75) is 6.04 Å². The van der Waals surface area contributed by atoms with E-state index in [0.29, 0.717) is 5.56 Å². The SMILES string of the molecule is C=C[C@H](N)c1ccc(I)cc1F. The van der Waals surface area contributed by atoms with Crippen molar-refractivity contribution in [3.05, 3.63) is 45.8 Å². The second-order valence-electron chi connectivity index (χ2n) is 2.43. The van der Waals surface area contributed by atoms with Crippen LogP contribution < -0.4 is 5.73 Å². The second-order valence-corrected chi connectivity index (χ2v) is 3.67. The van der Waals surface area contributed by atoms with Gasteiger partial charge in [-0.05, 0) is 34.7 Å². The Balaban J connectivity index is 3.09. The fraction of sp³-hybridized carbons (Fsp3) is 0.111. The highest BCUT2D eigenvalue weighted by Gasteiger charge is 2.07.